The lowest BCUT2D eigenvalue weighted by Gasteiger charge is -2.15. The van der Waals surface area contributed by atoms with Gasteiger partial charge in [0.15, 0.2) is 0 Å². The molecule has 68 valence electrons. The highest BCUT2D eigenvalue weighted by Gasteiger charge is 2.32. The highest BCUT2D eigenvalue weighted by atomic mass is 28.3. The van der Waals surface area contributed by atoms with Gasteiger partial charge in [-0.1, -0.05) is 13.1 Å². The van der Waals surface area contributed by atoms with Crippen molar-refractivity contribution in [3.63, 3.8) is 0 Å². The van der Waals surface area contributed by atoms with E-state index >= 15 is 0 Å². The molecule has 0 bridgehead atoms. The molecule has 0 aliphatic heterocycles. The summed E-state index contributed by atoms with van der Waals surface area (Å²) < 4.78 is 10.8. The Morgan fingerprint density at radius 3 is 1.69 bits per heavy atom. The van der Waals surface area contributed by atoms with Crippen molar-refractivity contribution >= 4 is 18.8 Å². The van der Waals surface area contributed by atoms with Crippen LogP contribution in [0.5, 0.6) is 0 Å². The topological polar surface area (TPSA) is 26.3 Å². The van der Waals surface area contributed by atoms with Crippen molar-refractivity contribution in [3.05, 3.63) is 36.8 Å². The van der Waals surface area contributed by atoms with Crippen LogP contribution in [-0.2, 0) is 0 Å². The number of rotatable bonds is 2. The van der Waals surface area contributed by atoms with Crippen LogP contribution in [0.4, 0.5) is 0 Å². The molecule has 2 aromatic heterocycles. The van der Waals surface area contributed by atoms with Crippen molar-refractivity contribution in [3.8, 4) is 0 Å². The van der Waals surface area contributed by atoms with E-state index in [4.69, 9.17) is 8.83 Å². The molecule has 0 spiro atoms. The minimum atomic E-state index is -1.68. The maximum Gasteiger partial charge on any atom is 0.200 e. The van der Waals surface area contributed by atoms with E-state index in [1.165, 1.54) is 0 Å². The average molecular weight is 192 g/mol. The molecule has 0 radical (unpaired) electrons. The number of hydrogen-bond acceptors (Lipinski definition) is 2. The summed E-state index contributed by atoms with van der Waals surface area (Å²) in [6.07, 6.45) is 3.43. The maximum atomic E-state index is 5.42. The fourth-order valence-corrected chi connectivity index (χ4v) is 3.38. The monoisotopic (exact) mass is 192 g/mol. The van der Waals surface area contributed by atoms with Gasteiger partial charge in [0.1, 0.15) is 0 Å². The normalized spacial score (nSPS) is 11.8. The van der Waals surface area contributed by atoms with Crippen molar-refractivity contribution in [2.45, 2.75) is 13.1 Å². The Balaban J connectivity index is 2.42. The molecule has 0 aliphatic rings. The van der Waals surface area contributed by atoms with Crippen LogP contribution >= 0.6 is 0 Å². The van der Waals surface area contributed by atoms with Crippen molar-refractivity contribution in [2.75, 3.05) is 0 Å². The molecule has 13 heavy (non-hydrogen) atoms. The first-order valence-corrected chi connectivity index (χ1v) is 7.29. The highest BCUT2D eigenvalue weighted by molar-refractivity contribution is 6.98. The lowest BCUT2D eigenvalue weighted by Crippen LogP contribution is -2.51. The largest absolute Gasteiger partial charge is 0.474 e. The first kappa shape index (κ1) is 8.38. The minimum absolute atomic E-state index is 1.06. The van der Waals surface area contributed by atoms with Crippen LogP contribution in [0.1, 0.15) is 0 Å². The SMILES string of the molecule is C[Si](C)(c1ccco1)c1ccco1. The van der Waals surface area contributed by atoms with Gasteiger partial charge in [-0.2, -0.15) is 0 Å². The Labute approximate surface area is 78.2 Å². The van der Waals surface area contributed by atoms with Crippen LogP contribution < -0.4 is 10.8 Å². The molecule has 0 saturated carbocycles. The summed E-state index contributed by atoms with van der Waals surface area (Å²) in [6, 6.07) is 7.89. The van der Waals surface area contributed by atoms with Gasteiger partial charge in [0, 0.05) is 0 Å². The van der Waals surface area contributed by atoms with Crippen molar-refractivity contribution in [1.82, 2.24) is 0 Å². The fourth-order valence-electron chi connectivity index (χ4n) is 1.39. The molecule has 0 aromatic carbocycles. The Bertz CT molecular complexity index is 323. The van der Waals surface area contributed by atoms with E-state index in [-0.39, 0.29) is 0 Å². The van der Waals surface area contributed by atoms with Crippen LogP contribution in [-0.4, -0.2) is 8.07 Å². The van der Waals surface area contributed by atoms with Gasteiger partial charge in [0.2, 0.25) is 8.07 Å². The van der Waals surface area contributed by atoms with Crippen LogP contribution in [0.3, 0.4) is 0 Å². The van der Waals surface area contributed by atoms with Gasteiger partial charge in [-0.25, -0.2) is 0 Å². The molecule has 0 unspecified atom stereocenters. The lowest BCUT2D eigenvalue weighted by molar-refractivity contribution is 0.584. The standard InChI is InChI=1S/C10H12O2Si/c1-13(2,9-5-3-7-11-9)10-6-4-8-12-10/h3-8H,1-2H3. The van der Waals surface area contributed by atoms with Gasteiger partial charge < -0.3 is 8.83 Å². The van der Waals surface area contributed by atoms with Gasteiger partial charge in [0.25, 0.3) is 0 Å². The van der Waals surface area contributed by atoms with Gasteiger partial charge in [0.05, 0.1) is 23.3 Å². The molecule has 0 amide bonds. The van der Waals surface area contributed by atoms with Gasteiger partial charge in [-0.3, -0.25) is 0 Å². The van der Waals surface area contributed by atoms with Gasteiger partial charge in [-0.05, 0) is 24.3 Å². The second-order valence-electron chi connectivity index (χ2n) is 3.58. The van der Waals surface area contributed by atoms with E-state index in [1.54, 1.807) is 12.5 Å². The van der Waals surface area contributed by atoms with E-state index < -0.39 is 8.07 Å². The van der Waals surface area contributed by atoms with Crippen LogP contribution in [0, 0.1) is 0 Å². The van der Waals surface area contributed by atoms with E-state index in [0.29, 0.717) is 0 Å². The molecule has 2 nitrogen and oxygen atoms in total. The Morgan fingerprint density at radius 1 is 0.923 bits per heavy atom. The third-order valence-corrected chi connectivity index (χ3v) is 5.31. The maximum absolute atomic E-state index is 5.42. The van der Waals surface area contributed by atoms with E-state index in [1.807, 2.05) is 24.3 Å². The Hall–Kier alpha value is -1.22. The Kier molecular flexibility index (Phi) is 1.88. The quantitative estimate of drug-likeness (QED) is 0.677. The molecular weight excluding hydrogens is 180 g/mol. The Morgan fingerprint density at radius 2 is 1.38 bits per heavy atom. The summed E-state index contributed by atoms with van der Waals surface area (Å²) in [4.78, 5) is 0. The minimum Gasteiger partial charge on any atom is -0.474 e. The molecular formula is C10H12O2Si. The van der Waals surface area contributed by atoms with Crippen molar-refractivity contribution in [2.24, 2.45) is 0 Å². The zero-order chi connectivity index (χ0) is 9.31. The predicted octanol–water partition coefficient (Wildman–Crippen LogP) is 1.70. The second-order valence-corrected chi connectivity index (χ2v) is 7.82. The van der Waals surface area contributed by atoms with Crippen LogP contribution in [0.2, 0.25) is 13.1 Å². The van der Waals surface area contributed by atoms with E-state index in [0.717, 1.165) is 10.8 Å². The zero-order valence-electron chi connectivity index (χ0n) is 7.78. The third-order valence-electron chi connectivity index (χ3n) is 2.27. The predicted molar refractivity (Wildman–Crippen MR) is 54.2 cm³/mol. The molecule has 2 aromatic rings. The van der Waals surface area contributed by atoms with Crippen LogP contribution in [0.15, 0.2) is 45.6 Å². The van der Waals surface area contributed by atoms with Crippen LogP contribution in [0.25, 0.3) is 0 Å². The van der Waals surface area contributed by atoms with Crippen molar-refractivity contribution < 1.29 is 8.83 Å². The first-order valence-electron chi connectivity index (χ1n) is 4.29. The highest BCUT2D eigenvalue weighted by Crippen LogP contribution is 2.04. The van der Waals surface area contributed by atoms with E-state index in [2.05, 4.69) is 13.1 Å². The summed E-state index contributed by atoms with van der Waals surface area (Å²) in [5, 5.41) is 2.12. The summed E-state index contributed by atoms with van der Waals surface area (Å²) in [7, 11) is -1.68. The molecule has 0 aliphatic carbocycles. The second kappa shape index (κ2) is 2.92. The zero-order valence-corrected chi connectivity index (χ0v) is 8.78. The molecule has 3 heteroatoms. The average Bonchev–Trinajstić information content (AvgIpc) is 2.78. The summed E-state index contributed by atoms with van der Waals surface area (Å²) in [5.41, 5.74) is 0. The smallest absolute Gasteiger partial charge is 0.200 e. The molecule has 2 rings (SSSR count). The summed E-state index contributed by atoms with van der Waals surface area (Å²) >= 11 is 0. The fraction of sp³-hybridized carbons (Fsp3) is 0.200. The molecule has 0 atom stereocenters. The lowest BCUT2D eigenvalue weighted by atomic mass is 10.7. The molecule has 0 N–H and O–H groups in total. The summed E-state index contributed by atoms with van der Waals surface area (Å²) in [6.45, 7) is 4.43. The first-order chi connectivity index (χ1) is 6.21. The van der Waals surface area contributed by atoms with Gasteiger partial charge >= 0.3 is 0 Å². The van der Waals surface area contributed by atoms with Crippen molar-refractivity contribution in [1.29, 1.82) is 0 Å². The molecule has 2 heterocycles. The van der Waals surface area contributed by atoms with E-state index in [9.17, 15) is 0 Å². The number of furan rings is 2. The summed E-state index contributed by atoms with van der Waals surface area (Å²) in [5.74, 6) is 0. The third kappa shape index (κ3) is 1.35. The molecule has 0 fully saturated rings. The number of hydrogen-bond donors (Lipinski definition) is 0. The molecule has 0 saturated heterocycles. The van der Waals surface area contributed by atoms with Gasteiger partial charge in [-0.15, -0.1) is 0 Å².